The molecule has 0 saturated carbocycles. The zero-order valence-electron chi connectivity index (χ0n) is 9.77. The summed E-state index contributed by atoms with van der Waals surface area (Å²) in [7, 11) is 3.28. The standard InChI is InChI=1S/C12H14N2O2S/c1-15-10-5-9(6-11(7-10)16-2)14-8-12-13-3-4-17-12/h3-7,14H,8H2,1-2H3. The third kappa shape index (κ3) is 3.10. The molecule has 1 heterocycles. The van der Waals surface area contributed by atoms with Gasteiger partial charge in [0, 0.05) is 35.5 Å². The predicted molar refractivity (Wildman–Crippen MR) is 69.0 cm³/mol. The molecule has 0 fully saturated rings. The summed E-state index contributed by atoms with van der Waals surface area (Å²) in [5.41, 5.74) is 0.955. The maximum Gasteiger partial charge on any atom is 0.124 e. The fourth-order valence-corrected chi connectivity index (χ4v) is 1.98. The van der Waals surface area contributed by atoms with Gasteiger partial charge in [-0.1, -0.05) is 0 Å². The van der Waals surface area contributed by atoms with E-state index < -0.39 is 0 Å². The van der Waals surface area contributed by atoms with Crippen molar-refractivity contribution in [3.8, 4) is 11.5 Å². The molecule has 1 aromatic carbocycles. The lowest BCUT2D eigenvalue weighted by Gasteiger charge is -2.09. The molecule has 0 aliphatic heterocycles. The molecule has 2 aromatic rings. The Bertz CT molecular complexity index is 449. The van der Waals surface area contributed by atoms with Crippen molar-refractivity contribution in [3.05, 3.63) is 34.8 Å². The quantitative estimate of drug-likeness (QED) is 0.886. The number of anilines is 1. The van der Waals surface area contributed by atoms with E-state index in [1.807, 2.05) is 23.6 Å². The van der Waals surface area contributed by atoms with Crippen molar-refractivity contribution < 1.29 is 9.47 Å². The second-order valence-corrected chi connectivity index (χ2v) is 4.36. The first kappa shape index (κ1) is 11.7. The highest BCUT2D eigenvalue weighted by Crippen LogP contribution is 2.26. The van der Waals surface area contributed by atoms with E-state index >= 15 is 0 Å². The van der Waals surface area contributed by atoms with Crippen LogP contribution in [-0.4, -0.2) is 19.2 Å². The number of nitrogens with zero attached hydrogens (tertiary/aromatic N) is 1. The van der Waals surface area contributed by atoms with Gasteiger partial charge in [0.15, 0.2) is 0 Å². The molecular weight excluding hydrogens is 236 g/mol. The maximum absolute atomic E-state index is 5.20. The van der Waals surface area contributed by atoms with Crippen molar-refractivity contribution in [1.82, 2.24) is 4.98 Å². The van der Waals surface area contributed by atoms with Crippen LogP contribution in [0.2, 0.25) is 0 Å². The molecule has 4 nitrogen and oxygen atoms in total. The van der Waals surface area contributed by atoms with E-state index in [9.17, 15) is 0 Å². The summed E-state index contributed by atoms with van der Waals surface area (Å²) >= 11 is 1.63. The lowest BCUT2D eigenvalue weighted by molar-refractivity contribution is 0.394. The molecule has 0 aliphatic rings. The van der Waals surface area contributed by atoms with Gasteiger partial charge in [0.2, 0.25) is 0 Å². The van der Waals surface area contributed by atoms with Gasteiger partial charge in [-0.05, 0) is 0 Å². The number of rotatable bonds is 5. The molecule has 0 saturated heterocycles. The highest BCUT2D eigenvalue weighted by atomic mass is 32.1. The topological polar surface area (TPSA) is 43.4 Å². The predicted octanol–water partition coefficient (Wildman–Crippen LogP) is 2.77. The largest absolute Gasteiger partial charge is 0.497 e. The van der Waals surface area contributed by atoms with E-state index in [0.717, 1.165) is 22.2 Å². The van der Waals surface area contributed by atoms with Gasteiger partial charge in [-0.3, -0.25) is 0 Å². The van der Waals surface area contributed by atoms with Crippen LogP contribution in [0.4, 0.5) is 5.69 Å². The second kappa shape index (κ2) is 5.54. The summed E-state index contributed by atoms with van der Waals surface area (Å²) in [5.74, 6) is 1.54. The van der Waals surface area contributed by atoms with Gasteiger partial charge >= 0.3 is 0 Å². The normalized spacial score (nSPS) is 10.0. The van der Waals surface area contributed by atoms with Gasteiger partial charge < -0.3 is 14.8 Å². The van der Waals surface area contributed by atoms with Gasteiger partial charge in [-0.2, -0.15) is 0 Å². The first-order valence-electron chi connectivity index (χ1n) is 5.17. The Labute approximate surface area is 104 Å². The molecule has 1 N–H and O–H groups in total. The first-order chi connectivity index (χ1) is 8.31. The molecular formula is C12H14N2O2S. The summed E-state index contributed by atoms with van der Waals surface area (Å²) in [4.78, 5) is 4.21. The summed E-state index contributed by atoms with van der Waals surface area (Å²) in [6.07, 6.45) is 1.80. The second-order valence-electron chi connectivity index (χ2n) is 3.38. The molecule has 0 amide bonds. The van der Waals surface area contributed by atoms with E-state index in [1.165, 1.54) is 0 Å². The summed E-state index contributed by atoms with van der Waals surface area (Å²) in [6, 6.07) is 5.70. The van der Waals surface area contributed by atoms with Crippen molar-refractivity contribution in [2.45, 2.75) is 6.54 Å². The van der Waals surface area contributed by atoms with Gasteiger partial charge in [0.1, 0.15) is 16.5 Å². The molecule has 0 bridgehead atoms. The summed E-state index contributed by atoms with van der Waals surface area (Å²) < 4.78 is 10.4. The lowest BCUT2D eigenvalue weighted by Crippen LogP contribution is -1.99. The van der Waals surface area contributed by atoms with E-state index in [0.29, 0.717) is 6.54 Å². The van der Waals surface area contributed by atoms with Crippen molar-refractivity contribution >= 4 is 17.0 Å². The minimum atomic E-state index is 0.702. The van der Waals surface area contributed by atoms with Gasteiger partial charge in [0.05, 0.1) is 20.8 Å². The summed E-state index contributed by atoms with van der Waals surface area (Å²) in [6.45, 7) is 0.702. The third-order valence-electron chi connectivity index (χ3n) is 2.28. The van der Waals surface area contributed by atoms with E-state index in [4.69, 9.17) is 9.47 Å². The zero-order chi connectivity index (χ0) is 12.1. The average Bonchev–Trinajstić information content (AvgIpc) is 2.89. The zero-order valence-corrected chi connectivity index (χ0v) is 10.6. The smallest absolute Gasteiger partial charge is 0.124 e. The van der Waals surface area contributed by atoms with Crippen molar-refractivity contribution in [3.63, 3.8) is 0 Å². The number of thiazole rings is 1. The van der Waals surface area contributed by atoms with E-state index in [1.54, 1.807) is 31.8 Å². The molecule has 0 atom stereocenters. The molecule has 5 heteroatoms. The van der Waals surface area contributed by atoms with Crippen LogP contribution in [0, 0.1) is 0 Å². The molecule has 0 spiro atoms. The minimum absolute atomic E-state index is 0.702. The van der Waals surface area contributed by atoms with Crippen LogP contribution in [0.25, 0.3) is 0 Å². The van der Waals surface area contributed by atoms with Crippen LogP contribution in [0.5, 0.6) is 11.5 Å². The molecule has 2 rings (SSSR count). The van der Waals surface area contributed by atoms with Crippen LogP contribution in [0.15, 0.2) is 29.8 Å². The Morgan fingerprint density at radius 1 is 1.18 bits per heavy atom. The van der Waals surface area contributed by atoms with Crippen LogP contribution >= 0.6 is 11.3 Å². The Morgan fingerprint density at radius 3 is 2.41 bits per heavy atom. The highest BCUT2D eigenvalue weighted by molar-refractivity contribution is 7.09. The fourth-order valence-electron chi connectivity index (χ4n) is 1.43. The average molecular weight is 250 g/mol. The maximum atomic E-state index is 5.20. The number of methoxy groups -OCH3 is 2. The molecule has 0 unspecified atom stereocenters. The fraction of sp³-hybridized carbons (Fsp3) is 0.250. The van der Waals surface area contributed by atoms with Gasteiger partial charge in [-0.25, -0.2) is 4.98 Å². The molecule has 0 radical (unpaired) electrons. The number of nitrogens with one attached hydrogen (secondary N) is 1. The number of ether oxygens (including phenoxy) is 2. The van der Waals surface area contributed by atoms with Crippen LogP contribution < -0.4 is 14.8 Å². The third-order valence-corrected chi connectivity index (χ3v) is 3.06. The molecule has 1 aromatic heterocycles. The van der Waals surface area contributed by atoms with Crippen molar-refractivity contribution in [2.75, 3.05) is 19.5 Å². The van der Waals surface area contributed by atoms with E-state index in [2.05, 4.69) is 10.3 Å². The monoisotopic (exact) mass is 250 g/mol. The Kier molecular flexibility index (Phi) is 3.82. The number of hydrogen-bond acceptors (Lipinski definition) is 5. The number of hydrogen-bond donors (Lipinski definition) is 1. The van der Waals surface area contributed by atoms with Crippen molar-refractivity contribution in [1.29, 1.82) is 0 Å². The van der Waals surface area contributed by atoms with Crippen LogP contribution in [0.1, 0.15) is 5.01 Å². The minimum Gasteiger partial charge on any atom is -0.497 e. The Balaban J connectivity index is 2.09. The van der Waals surface area contributed by atoms with E-state index in [-0.39, 0.29) is 0 Å². The number of benzene rings is 1. The van der Waals surface area contributed by atoms with Crippen molar-refractivity contribution in [2.24, 2.45) is 0 Å². The SMILES string of the molecule is COc1cc(NCc2nccs2)cc(OC)c1. The molecule has 90 valence electrons. The summed E-state index contributed by atoms with van der Waals surface area (Å²) in [5, 5.41) is 6.29. The van der Waals surface area contributed by atoms with Gasteiger partial charge in [-0.15, -0.1) is 11.3 Å². The Hall–Kier alpha value is -1.75. The number of aromatic nitrogens is 1. The highest BCUT2D eigenvalue weighted by Gasteiger charge is 2.02. The molecule has 0 aliphatic carbocycles. The Morgan fingerprint density at radius 2 is 1.88 bits per heavy atom. The first-order valence-corrected chi connectivity index (χ1v) is 6.05. The molecule has 17 heavy (non-hydrogen) atoms. The van der Waals surface area contributed by atoms with Gasteiger partial charge in [0.25, 0.3) is 0 Å². The van der Waals surface area contributed by atoms with Crippen LogP contribution in [0.3, 0.4) is 0 Å². The van der Waals surface area contributed by atoms with Crippen LogP contribution in [-0.2, 0) is 6.54 Å². The lowest BCUT2D eigenvalue weighted by atomic mass is 10.2.